The van der Waals surface area contributed by atoms with Crippen LogP contribution < -0.4 is 0 Å². The van der Waals surface area contributed by atoms with Gasteiger partial charge in [-0.25, -0.2) is 0 Å². The number of hydrogen-bond donors (Lipinski definition) is 1. The first-order valence-corrected chi connectivity index (χ1v) is 5.78. The summed E-state index contributed by atoms with van der Waals surface area (Å²) in [7, 11) is 0. The third-order valence-corrected chi connectivity index (χ3v) is 3.10. The summed E-state index contributed by atoms with van der Waals surface area (Å²) >= 11 is 0. The van der Waals surface area contributed by atoms with Gasteiger partial charge in [0.15, 0.2) is 0 Å². The van der Waals surface area contributed by atoms with Crippen molar-refractivity contribution in [1.29, 1.82) is 0 Å². The molecule has 0 fully saturated rings. The van der Waals surface area contributed by atoms with Crippen molar-refractivity contribution in [2.45, 2.75) is 19.3 Å². The normalized spacial score (nSPS) is 15.9. The summed E-state index contributed by atoms with van der Waals surface area (Å²) in [6.07, 6.45) is 7.36. The van der Waals surface area contributed by atoms with E-state index in [1.165, 1.54) is 28.5 Å². The van der Waals surface area contributed by atoms with Gasteiger partial charge in [0.1, 0.15) is 0 Å². The number of ether oxygens (including phenoxy) is 1. The number of rotatable bonds is 2. The highest BCUT2D eigenvalue weighted by atomic mass is 16.5. The van der Waals surface area contributed by atoms with E-state index >= 15 is 0 Å². The lowest BCUT2D eigenvalue weighted by atomic mass is 10.0. The number of aromatic nitrogens is 1. The molecule has 1 N–H and O–H groups in total. The van der Waals surface area contributed by atoms with Gasteiger partial charge in [0.2, 0.25) is 0 Å². The minimum Gasteiger partial charge on any atom is -0.501 e. The van der Waals surface area contributed by atoms with Gasteiger partial charge in [-0.2, -0.15) is 0 Å². The second kappa shape index (κ2) is 4.05. The van der Waals surface area contributed by atoms with Gasteiger partial charge in [0, 0.05) is 17.1 Å². The molecule has 2 nitrogen and oxygen atoms in total. The van der Waals surface area contributed by atoms with Crippen molar-refractivity contribution in [3.63, 3.8) is 0 Å². The van der Waals surface area contributed by atoms with Gasteiger partial charge >= 0.3 is 0 Å². The molecular formula is C14H15NO. The van der Waals surface area contributed by atoms with Crippen LogP contribution in [0.1, 0.15) is 18.4 Å². The maximum atomic E-state index is 5.37. The zero-order chi connectivity index (χ0) is 10.8. The maximum absolute atomic E-state index is 5.37. The number of benzene rings is 1. The standard InChI is InChI=1S/C14H15NO/c1-2-6-14-13(5-1)12(9-15-14)8-11-4-3-7-16-10-11/h1-2,5-6,9-10,15H,3-4,7-8H2. The van der Waals surface area contributed by atoms with Gasteiger partial charge in [-0.15, -0.1) is 0 Å². The van der Waals surface area contributed by atoms with Crippen LogP contribution in [-0.2, 0) is 11.2 Å². The minimum atomic E-state index is 0.872. The first kappa shape index (κ1) is 9.52. The van der Waals surface area contributed by atoms with Gasteiger partial charge in [-0.05, 0) is 36.5 Å². The average molecular weight is 213 g/mol. The molecule has 2 heteroatoms. The predicted molar refractivity (Wildman–Crippen MR) is 65.3 cm³/mol. The minimum absolute atomic E-state index is 0.872. The molecule has 0 atom stereocenters. The molecule has 1 aliphatic heterocycles. The van der Waals surface area contributed by atoms with E-state index in [9.17, 15) is 0 Å². The van der Waals surface area contributed by atoms with Gasteiger partial charge in [0.05, 0.1) is 12.9 Å². The molecule has 1 aliphatic rings. The number of nitrogens with one attached hydrogen (secondary N) is 1. The van der Waals surface area contributed by atoms with Crippen LogP contribution in [0.4, 0.5) is 0 Å². The molecule has 1 aromatic carbocycles. The van der Waals surface area contributed by atoms with E-state index in [0.29, 0.717) is 0 Å². The van der Waals surface area contributed by atoms with Crippen LogP contribution in [0.5, 0.6) is 0 Å². The molecule has 0 aliphatic carbocycles. The molecule has 0 saturated heterocycles. The van der Waals surface area contributed by atoms with E-state index in [1.54, 1.807) is 0 Å². The second-order valence-electron chi connectivity index (χ2n) is 4.29. The van der Waals surface area contributed by atoms with Crippen molar-refractivity contribution in [3.05, 3.63) is 47.9 Å². The van der Waals surface area contributed by atoms with Crippen LogP contribution in [0.25, 0.3) is 10.9 Å². The number of H-pyrrole nitrogens is 1. The summed E-state index contributed by atoms with van der Waals surface area (Å²) in [5.74, 6) is 0. The summed E-state index contributed by atoms with van der Waals surface area (Å²) in [5, 5.41) is 1.33. The van der Waals surface area contributed by atoms with Gasteiger partial charge < -0.3 is 9.72 Å². The molecule has 0 saturated carbocycles. The Morgan fingerprint density at radius 3 is 3.06 bits per heavy atom. The molecule has 3 rings (SSSR count). The largest absolute Gasteiger partial charge is 0.501 e. The summed E-state index contributed by atoms with van der Waals surface area (Å²) < 4.78 is 5.37. The maximum Gasteiger partial charge on any atom is 0.0876 e. The predicted octanol–water partition coefficient (Wildman–Crippen LogP) is 3.40. The number of fused-ring (bicyclic) bond motifs is 1. The first-order chi connectivity index (χ1) is 7.93. The van der Waals surface area contributed by atoms with E-state index in [-0.39, 0.29) is 0 Å². The van der Waals surface area contributed by atoms with Gasteiger partial charge in [-0.3, -0.25) is 0 Å². The number of allylic oxidation sites excluding steroid dienone is 1. The Bertz CT molecular complexity index is 524. The fraction of sp³-hybridized carbons (Fsp3) is 0.286. The monoisotopic (exact) mass is 213 g/mol. The Labute approximate surface area is 94.9 Å². The number of hydrogen-bond acceptors (Lipinski definition) is 1. The van der Waals surface area contributed by atoms with Crippen LogP contribution in [0.2, 0.25) is 0 Å². The second-order valence-corrected chi connectivity index (χ2v) is 4.29. The lowest BCUT2D eigenvalue weighted by molar-refractivity contribution is 0.224. The van der Waals surface area contributed by atoms with Crippen LogP contribution >= 0.6 is 0 Å². The van der Waals surface area contributed by atoms with Crippen LogP contribution in [-0.4, -0.2) is 11.6 Å². The lowest BCUT2D eigenvalue weighted by Crippen LogP contribution is -2.01. The van der Waals surface area contributed by atoms with E-state index < -0.39 is 0 Å². The van der Waals surface area contributed by atoms with Gasteiger partial charge in [0.25, 0.3) is 0 Å². The van der Waals surface area contributed by atoms with Gasteiger partial charge in [-0.1, -0.05) is 18.2 Å². The Morgan fingerprint density at radius 2 is 2.19 bits per heavy atom. The molecule has 0 bridgehead atoms. The number of aromatic amines is 1. The highest BCUT2D eigenvalue weighted by molar-refractivity contribution is 5.83. The fourth-order valence-electron chi connectivity index (χ4n) is 2.27. The third-order valence-electron chi connectivity index (χ3n) is 3.10. The van der Waals surface area contributed by atoms with Crippen molar-refractivity contribution in [3.8, 4) is 0 Å². The highest BCUT2D eigenvalue weighted by Crippen LogP contribution is 2.23. The van der Waals surface area contributed by atoms with Crippen molar-refractivity contribution < 1.29 is 4.74 Å². The van der Waals surface area contributed by atoms with E-state index in [0.717, 1.165) is 19.4 Å². The fourth-order valence-corrected chi connectivity index (χ4v) is 2.27. The molecule has 0 radical (unpaired) electrons. The molecule has 2 aromatic rings. The molecule has 0 unspecified atom stereocenters. The molecule has 16 heavy (non-hydrogen) atoms. The molecule has 2 heterocycles. The van der Waals surface area contributed by atoms with Crippen molar-refractivity contribution in [1.82, 2.24) is 4.98 Å². The summed E-state index contributed by atoms with van der Waals surface area (Å²) in [6.45, 7) is 0.872. The highest BCUT2D eigenvalue weighted by Gasteiger charge is 2.08. The van der Waals surface area contributed by atoms with Crippen molar-refractivity contribution in [2.75, 3.05) is 6.61 Å². The Kier molecular flexibility index (Phi) is 2.41. The van der Waals surface area contributed by atoms with E-state index in [1.807, 2.05) is 6.26 Å². The quantitative estimate of drug-likeness (QED) is 0.812. The molecule has 82 valence electrons. The topological polar surface area (TPSA) is 25.0 Å². The zero-order valence-corrected chi connectivity index (χ0v) is 9.20. The van der Waals surface area contributed by atoms with Crippen molar-refractivity contribution in [2.24, 2.45) is 0 Å². The first-order valence-electron chi connectivity index (χ1n) is 5.78. The summed E-state index contributed by atoms with van der Waals surface area (Å²) in [4.78, 5) is 3.31. The molecule has 1 aromatic heterocycles. The van der Waals surface area contributed by atoms with E-state index in [2.05, 4.69) is 35.4 Å². The van der Waals surface area contributed by atoms with Crippen LogP contribution in [0, 0.1) is 0 Å². The Hall–Kier alpha value is -1.70. The molecule has 0 amide bonds. The number of para-hydroxylation sites is 1. The lowest BCUT2D eigenvalue weighted by Gasteiger charge is -2.13. The summed E-state index contributed by atoms with van der Waals surface area (Å²) in [5.41, 5.74) is 3.98. The SMILES string of the molecule is C1=C(Cc2c[nH]c3ccccc23)CCCO1. The smallest absolute Gasteiger partial charge is 0.0876 e. The van der Waals surface area contributed by atoms with E-state index in [4.69, 9.17) is 4.74 Å². The van der Waals surface area contributed by atoms with Crippen LogP contribution in [0.3, 0.4) is 0 Å². The Balaban J connectivity index is 1.91. The average Bonchev–Trinajstić information content (AvgIpc) is 2.74. The molecular weight excluding hydrogens is 198 g/mol. The van der Waals surface area contributed by atoms with Crippen LogP contribution in [0.15, 0.2) is 42.3 Å². The van der Waals surface area contributed by atoms with Crippen molar-refractivity contribution >= 4 is 10.9 Å². The Morgan fingerprint density at radius 1 is 1.25 bits per heavy atom. The summed E-state index contributed by atoms with van der Waals surface area (Å²) in [6, 6.07) is 8.44. The molecule has 0 spiro atoms. The zero-order valence-electron chi connectivity index (χ0n) is 9.20. The third kappa shape index (κ3) is 1.71.